The van der Waals surface area contributed by atoms with Crippen molar-refractivity contribution in [3.63, 3.8) is 0 Å². The maximum atomic E-state index is 12.6. The van der Waals surface area contributed by atoms with E-state index in [0.29, 0.717) is 22.9 Å². The Morgan fingerprint density at radius 1 is 1.18 bits per heavy atom. The van der Waals surface area contributed by atoms with Gasteiger partial charge in [-0.3, -0.25) is 0 Å². The Hall–Kier alpha value is -3.55. The number of aromatic nitrogens is 3. The molecule has 0 amide bonds. The van der Waals surface area contributed by atoms with Gasteiger partial charge in [0.15, 0.2) is 17.2 Å². The molecule has 0 spiro atoms. The standard InChI is InChI=1S/C20H19N3O5/c1-12-19(21-22-23(12)15-5-4-6-16(10-15)25-3)20(24)28-13(2)14-7-8-17-18(9-14)27-11-26-17/h4-10,13H,11H2,1-3H3. The smallest absolute Gasteiger partial charge is 0.361 e. The lowest BCUT2D eigenvalue weighted by Gasteiger charge is -2.13. The largest absolute Gasteiger partial charge is 0.497 e. The molecule has 1 aliphatic rings. The average Bonchev–Trinajstić information content (AvgIpc) is 3.33. The van der Waals surface area contributed by atoms with Crippen LogP contribution in [0.2, 0.25) is 0 Å². The zero-order valence-corrected chi connectivity index (χ0v) is 15.7. The van der Waals surface area contributed by atoms with Crippen LogP contribution in [0.15, 0.2) is 42.5 Å². The van der Waals surface area contributed by atoms with E-state index in [0.717, 1.165) is 11.3 Å². The predicted molar refractivity (Wildman–Crippen MR) is 99.0 cm³/mol. The van der Waals surface area contributed by atoms with E-state index in [2.05, 4.69) is 10.3 Å². The van der Waals surface area contributed by atoms with Gasteiger partial charge in [0.25, 0.3) is 0 Å². The zero-order valence-electron chi connectivity index (χ0n) is 15.7. The van der Waals surface area contributed by atoms with Gasteiger partial charge in [0.1, 0.15) is 11.9 Å². The molecule has 8 heteroatoms. The summed E-state index contributed by atoms with van der Waals surface area (Å²) in [5.74, 6) is 1.46. The molecule has 28 heavy (non-hydrogen) atoms. The highest BCUT2D eigenvalue weighted by atomic mass is 16.7. The fourth-order valence-corrected chi connectivity index (χ4v) is 2.96. The van der Waals surface area contributed by atoms with E-state index in [1.54, 1.807) is 37.8 Å². The van der Waals surface area contributed by atoms with Crippen molar-refractivity contribution in [2.45, 2.75) is 20.0 Å². The Kier molecular flexibility index (Phi) is 4.60. The summed E-state index contributed by atoms with van der Waals surface area (Å²) in [7, 11) is 1.59. The van der Waals surface area contributed by atoms with Crippen LogP contribution in [0.1, 0.15) is 34.8 Å². The topological polar surface area (TPSA) is 84.7 Å². The van der Waals surface area contributed by atoms with Crippen molar-refractivity contribution in [2.24, 2.45) is 0 Å². The predicted octanol–water partition coefficient (Wildman–Crippen LogP) is 3.23. The molecule has 1 atom stereocenters. The quantitative estimate of drug-likeness (QED) is 0.627. The molecule has 1 aromatic heterocycles. The highest BCUT2D eigenvalue weighted by molar-refractivity contribution is 5.88. The van der Waals surface area contributed by atoms with E-state index in [1.807, 2.05) is 30.3 Å². The molecule has 144 valence electrons. The number of hydrogen-bond donors (Lipinski definition) is 0. The first-order valence-electron chi connectivity index (χ1n) is 8.74. The Morgan fingerprint density at radius 3 is 2.82 bits per heavy atom. The molecule has 0 aliphatic carbocycles. The molecule has 1 unspecified atom stereocenters. The van der Waals surface area contributed by atoms with Gasteiger partial charge in [-0.05, 0) is 43.7 Å². The molecule has 0 saturated heterocycles. The monoisotopic (exact) mass is 381 g/mol. The maximum absolute atomic E-state index is 12.6. The SMILES string of the molecule is COc1cccc(-n2nnc(C(=O)OC(C)c3ccc4c(c3)OCO4)c2C)c1. The second-order valence-corrected chi connectivity index (χ2v) is 6.30. The van der Waals surface area contributed by atoms with Gasteiger partial charge >= 0.3 is 5.97 Å². The number of carbonyl (C=O) groups excluding carboxylic acids is 1. The van der Waals surface area contributed by atoms with Gasteiger partial charge in [-0.1, -0.05) is 17.3 Å². The summed E-state index contributed by atoms with van der Waals surface area (Å²) in [4.78, 5) is 12.6. The van der Waals surface area contributed by atoms with Gasteiger partial charge in [-0.15, -0.1) is 5.10 Å². The number of ether oxygens (including phenoxy) is 4. The van der Waals surface area contributed by atoms with Crippen molar-refractivity contribution in [1.29, 1.82) is 0 Å². The third-order valence-electron chi connectivity index (χ3n) is 4.54. The Balaban J connectivity index is 1.53. The van der Waals surface area contributed by atoms with Crippen LogP contribution in [0, 0.1) is 6.92 Å². The highest BCUT2D eigenvalue weighted by Gasteiger charge is 2.23. The molecule has 0 N–H and O–H groups in total. The number of nitrogens with zero attached hydrogens (tertiary/aromatic N) is 3. The van der Waals surface area contributed by atoms with Crippen LogP contribution >= 0.6 is 0 Å². The average molecular weight is 381 g/mol. The molecule has 2 aromatic carbocycles. The lowest BCUT2D eigenvalue weighted by Crippen LogP contribution is -2.11. The molecule has 2 heterocycles. The van der Waals surface area contributed by atoms with Gasteiger partial charge in [0, 0.05) is 6.07 Å². The summed E-state index contributed by atoms with van der Waals surface area (Å²) >= 11 is 0. The van der Waals surface area contributed by atoms with Crippen LogP contribution in [-0.4, -0.2) is 34.9 Å². The number of carbonyl (C=O) groups is 1. The van der Waals surface area contributed by atoms with Gasteiger partial charge < -0.3 is 18.9 Å². The van der Waals surface area contributed by atoms with E-state index in [-0.39, 0.29) is 12.5 Å². The molecular weight excluding hydrogens is 362 g/mol. The lowest BCUT2D eigenvalue weighted by molar-refractivity contribution is 0.0329. The minimum atomic E-state index is -0.545. The van der Waals surface area contributed by atoms with Crippen LogP contribution in [0.3, 0.4) is 0 Å². The van der Waals surface area contributed by atoms with Crippen molar-refractivity contribution in [1.82, 2.24) is 15.0 Å². The summed E-state index contributed by atoms with van der Waals surface area (Å²) in [5, 5.41) is 8.09. The summed E-state index contributed by atoms with van der Waals surface area (Å²) in [6.07, 6.45) is -0.483. The minimum Gasteiger partial charge on any atom is -0.497 e. The molecule has 4 rings (SSSR count). The highest BCUT2D eigenvalue weighted by Crippen LogP contribution is 2.35. The number of benzene rings is 2. The summed E-state index contributed by atoms with van der Waals surface area (Å²) in [6, 6.07) is 12.8. The molecule has 8 nitrogen and oxygen atoms in total. The Bertz CT molecular complexity index is 1030. The number of esters is 1. The molecular formula is C20H19N3O5. The molecule has 1 aliphatic heterocycles. The van der Waals surface area contributed by atoms with Gasteiger partial charge in [0.05, 0.1) is 18.5 Å². The first-order chi connectivity index (χ1) is 13.6. The number of rotatable bonds is 5. The summed E-state index contributed by atoms with van der Waals surface area (Å²) in [6.45, 7) is 3.75. The Labute approximate surface area is 161 Å². The van der Waals surface area contributed by atoms with Crippen molar-refractivity contribution >= 4 is 5.97 Å². The zero-order chi connectivity index (χ0) is 19.7. The van der Waals surface area contributed by atoms with Crippen molar-refractivity contribution in [3.05, 3.63) is 59.4 Å². The van der Waals surface area contributed by atoms with Crippen LogP contribution < -0.4 is 14.2 Å². The minimum absolute atomic E-state index is 0.162. The fourth-order valence-electron chi connectivity index (χ4n) is 2.96. The fraction of sp³-hybridized carbons (Fsp3) is 0.250. The summed E-state index contributed by atoms with van der Waals surface area (Å²) < 4.78 is 23.1. The molecule has 3 aromatic rings. The van der Waals surface area contributed by atoms with Crippen LogP contribution in [0.5, 0.6) is 17.2 Å². The third-order valence-corrected chi connectivity index (χ3v) is 4.54. The number of fused-ring (bicyclic) bond motifs is 1. The van der Waals surface area contributed by atoms with Crippen LogP contribution in [0.4, 0.5) is 0 Å². The van der Waals surface area contributed by atoms with Crippen LogP contribution in [0.25, 0.3) is 5.69 Å². The van der Waals surface area contributed by atoms with Crippen molar-refractivity contribution < 1.29 is 23.7 Å². The molecule has 0 radical (unpaired) electrons. The second-order valence-electron chi connectivity index (χ2n) is 6.30. The maximum Gasteiger partial charge on any atom is 0.361 e. The Morgan fingerprint density at radius 2 is 2.00 bits per heavy atom. The van der Waals surface area contributed by atoms with Crippen molar-refractivity contribution in [3.8, 4) is 22.9 Å². The van der Waals surface area contributed by atoms with Crippen LogP contribution in [-0.2, 0) is 4.74 Å². The molecule has 0 bridgehead atoms. The lowest BCUT2D eigenvalue weighted by atomic mass is 10.1. The van der Waals surface area contributed by atoms with E-state index >= 15 is 0 Å². The first kappa shape index (κ1) is 17.8. The summed E-state index contributed by atoms with van der Waals surface area (Å²) in [5.41, 5.74) is 2.29. The second kappa shape index (κ2) is 7.22. The van der Waals surface area contributed by atoms with Crippen molar-refractivity contribution in [2.75, 3.05) is 13.9 Å². The molecule has 0 fully saturated rings. The van der Waals surface area contributed by atoms with Gasteiger partial charge in [0.2, 0.25) is 6.79 Å². The number of hydrogen-bond acceptors (Lipinski definition) is 7. The van der Waals surface area contributed by atoms with Gasteiger partial charge in [-0.25, -0.2) is 9.48 Å². The van der Waals surface area contributed by atoms with E-state index in [4.69, 9.17) is 18.9 Å². The van der Waals surface area contributed by atoms with E-state index < -0.39 is 12.1 Å². The third kappa shape index (κ3) is 3.24. The van der Waals surface area contributed by atoms with E-state index in [1.165, 1.54) is 0 Å². The number of methoxy groups -OCH3 is 1. The molecule has 0 saturated carbocycles. The first-order valence-corrected chi connectivity index (χ1v) is 8.74. The van der Waals surface area contributed by atoms with Gasteiger partial charge in [-0.2, -0.15) is 0 Å². The normalized spacial score (nSPS) is 13.2. The van der Waals surface area contributed by atoms with E-state index in [9.17, 15) is 4.79 Å².